The van der Waals surface area contributed by atoms with Gasteiger partial charge in [-0.3, -0.25) is 9.59 Å². The molecule has 0 atom stereocenters. The smallest absolute Gasteiger partial charge is 0.260 e. The quantitative estimate of drug-likeness (QED) is 0.610. The largest absolute Gasteiger partial charge is 0.484 e. The summed E-state index contributed by atoms with van der Waals surface area (Å²) in [6.07, 6.45) is 5.77. The fourth-order valence-electron chi connectivity index (χ4n) is 2.39. The average Bonchev–Trinajstić information content (AvgIpc) is 3.16. The first-order valence-electron chi connectivity index (χ1n) is 8.84. The predicted octanol–water partition coefficient (Wildman–Crippen LogP) is 3.57. The van der Waals surface area contributed by atoms with Crippen molar-refractivity contribution < 1.29 is 14.3 Å². The molecule has 140 valence electrons. The van der Waals surface area contributed by atoms with Crippen LogP contribution in [0.3, 0.4) is 0 Å². The number of anilines is 1. The normalized spacial score (nSPS) is 10.3. The lowest BCUT2D eigenvalue weighted by molar-refractivity contribution is -0.136. The van der Waals surface area contributed by atoms with Crippen molar-refractivity contribution in [3.63, 3.8) is 0 Å². The molecule has 2 amide bonds. The molecule has 7 heteroatoms. The second-order valence-corrected chi connectivity index (χ2v) is 6.76. The Labute approximate surface area is 158 Å². The summed E-state index contributed by atoms with van der Waals surface area (Å²) in [5, 5.41) is 5.04. The zero-order valence-electron chi connectivity index (χ0n) is 15.0. The highest BCUT2D eigenvalue weighted by Gasteiger charge is 2.18. The molecule has 2 rings (SSSR count). The van der Waals surface area contributed by atoms with Crippen LogP contribution in [0.5, 0.6) is 5.75 Å². The molecule has 0 bridgehead atoms. The van der Waals surface area contributed by atoms with Gasteiger partial charge in [-0.1, -0.05) is 44.4 Å². The molecule has 0 aliphatic carbocycles. The van der Waals surface area contributed by atoms with Crippen molar-refractivity contribution in [3.05, 3.63) is 41.9 Å². The maximum Gasteiger partial charge on any atom is 0.260 e. The number of carbonyl (C=O) groups excluding carboxylic acids is 2. The minimum absolute atomic E-state index is 0.00267. The molecule has 26 heavy (non-hydrogen) atoms. The maximum absolute atomic E-state index is 12.5. The number of nitrogens with one attached hydrogen (secondary N) is 1. The number of nitrogens with zero attached hydrogens (tertiary/aromatic N) is 2. The van der Waals surface area contributed by atoms with Crippen LogP contribution >= 0.6 is 11.3 Å². The molecule has 1 aromatic carbocycles. The van der Waals surface area contributed by atoms with Crippen molar-refractivity contribution in [3.8, 4) is 5.75 Å². The van der Waals surface area contributed by atoms with Gasteiger partial charge in [-0.05, 0) is 18.6 Å². The van der Waals surface area contributed by atoms with Crippen LogP contribution in [0.4, 0.5) is 5.13 Å². The lowest BCUT2D eigenvalue weighted by Crippen LogP contribution is -2.41. The third-order valence-electron chi connectivity index (χ3n) is 3.75. The van der Waals surface area contributed by atoms with Gasteiger partial charge in [-0.25, -0.2) is 4.98 Å². The van der Waals surface area contributed by atoms with Crippen LogP contribution in [0.25, 0.3) is 0 Å². The van der Waals surface area contributed by atoms with E-state index in [1.165, 1.54) is 11.3 Å². The minimum Gasteiger partial charge on any atom is -0.484 e. The Morgan fingerprint density at radius 1 is 1.19 bits per heavy atom. The first kappa shape index (κ1) is 19.9. The van der Waals surface area contributed by atoms with Gasteiger partial charge in [0.1, 0.15) is 12.3 Å². The van der Waals surface area contributed by atoms with Crippen LogP contribution in [0, 0.1) is 0 Å². The van der Waals surface area contributed by atoms with E-state index in [4.69, 9.17) is 4.74 Å². The van der Waals surface area contributed by atoms with Crippen molar-refractivity contribution >= 4 is 28.3 Å². The molecule has 1 N–H and O–H groups in total. The number of amides is 2. The molecule has 0 saturated heterocycles. The summed E-state index contributed by atoms with van der Waals surface area (Å²) < 4.78 is 5.53. The number of para-hydroxylation sites is 1. The first-order valence-corrected chi connectivity index (χ1v) is 9.72. The van der Waals surface area contributed by atoms with Crippen LogP contribution in [0.2, 0.25) is 0 Å². The number of benzene rings is 1. The fraction of sp³-hybridized carbons (Fsp3) is 0.421. The van der Waals surface area contributed by atoms with E-state index in [1.807, 2.05) is 18.2 Å². The van der Waals surface area contributed by atoms with Crippen molar-refractivity contribution in [2.45, 2.75) is 32.6 Å². The third-order valence-corrected chi connectivity index (χ3v) is 4.44. The molecule has 1 aromatic heterocycles. The Balaban J connectivity index is 1.88. The lowest BCUT2D eigenvalue weighted by Gasteiger charge is -2.22. The maximum atomic E-state index is 12.5. The fourth-order valence-corrected chi connectivity index (χ4v) is 2.94. The monoisotopic (exact) mass is 375 g/mol. The van der Waals surface area contributed by atoms with E-state index in [0.29, 0.717) is 17.4 Å². The summed E-state index contributed by atoms with van der Waals surface area (Å²) in [5.74, 6) is 0.196. The van der Waals surface area contributed by atoms with Crippen molar-refractivity contribution in [2.24, 2.45) is 0 Å². The highest BCUT2D eigenvalue weighted by molar-refractivity contribution is 7.13. The van der Waals surface area contributed by atoms with Gasteiger partial charge in [0.05, 0.1) is 0 Å². The number of rotatable bonds is 11. The molecule has 0 saturated carbocycles. The standard InChI is InChI=1S/C19H25N3O3S/c1-2-3-4-8-12-22(14-17(23)21-19-20-11-13-26-19)18(24)15-25-16-9-6-5-7-10-16/h5-7,9-11,13H,2-4,8,12,14-15H2,1H3,(H,20,21,23). The minimum atomic E-state index is -0.247. The van der Waals surface area contributed by atoms with Gasteiger partial charge in [0.15, 0.2) is 11.7 Å². The molecule has 0 radical (unpaired) electrons. The van der Waals surface area contributed by atoms with Gasteiger partial charge in [-0.2, -0.15) is 0 Å². The van der Waals surface area contributed by atoms with E-state index >= 15 is 0 Å². The average molecular weight is 375 g/mol. The summed E-state index contributed by atoms with van der Waals surface area (Å²) in [5.41, 5.74) is 0. The van der Waals surface area contributed by atoms with Gasteiger partial charge in [0, 0.05) is 18.1 Å². The number of aromatic nitrogens is 1. The molecule has 2 aromatic rings. The van der Waals surface area contributed by atoms with Crippen LogP contribution in [0.1, 0.15) is 32.6 Å². The molecular formula is C19H25N3O3S. The van der Waals surface area contributed by atoms with Crippen molar-refractivity contribution in [1.29, 1.82) is 0 Å². The van der Waals surface area contributed by atoms with Gasteiger partial charge >= 0.3 is 0 Å². The van der Waals surface area contributed by atoms with E-state index < -0.39 is 0 Å². The third kappa shape index (κ3) is 7.23. The summed E-state index contributed by atoms with van der Waals surface area (Å²) in [4.78, 5) is 30.3. The van der Waals surface area contributed by atoms with Crippen LogP contribution in [-0.2, 0) is 9.59 Å². The predicted molar refractivity (Wildman–Crippen MR) is 103 cm³/mol. The Kier molecular flexibility index (Phi) is 8.62. The summed E-state index contributed by atoms with van der Waals surface area (Å²) >= 11 is 1.35. The highest BCUT2D eigenvalue weighted by Crippen LogP contribution is 2.11. The van der Waals surface area contributed by atoms with E-state index in [2.05, 4.69) is 17.2 Å². The molecule has 0 aliphatic rings. The lowest BCUT2D eigenvalue weighted by atomic mass is 10.2. The van der Waals surface area contributed by atoms with E-state index in [-0.39, 0.29) is 25.0 Å². The van der Waals surface area contributed by atoms with Crippen LogP contribution in [-0.4, -0.2) is 41.4 Å². The second kappa shape index (κ2) is 11.3. The molecule has 6 nitrogen and oxygen atoms in total. The number of ether oxygens (including phenoxy) is 1. The van der Waals surface area contributed by atoms with Gasteiger partial charge in [0.25, 0.3) is 5.91 Å². The summed E-state index contributed by atoms with van der Waals surface area (Å²) in [6, 6.07) is 9.19. The summed E-state index contributed by atoms with van der Waals surface area (Å²) in [6.45, 7) is 2.60. The van der Waals surface area contributed by atoms with Crippen LogP contribution < -0.4 is 10.1 Å². The van der Waals surface area contributed by atoms with Gasteiger partial charge in [-0.15, -0.1) is 11.3 Å². The van der Waals surface area contributed by atoms with Crippen molar-refractivity contribution in [2.75, 3.05) is 25.0 Å². The number of thiazole rings is 1. The second-order valence-electron chi connectivity index (χ2n) is 5.86. The molecule has 0 unspecified atom stereocenters. The summed E-state index contributed by atoms with van der Waals surface area (Å²) in [7, 11) is 0. The Morgan fingerprint density at radius 2 is 2.00 bits per heavy atom. The topological polar surface area (TPSA) is 71.5 Å². The number of hydrogen-bond acceptors (Lipinski definition) is 5. The Hall–Kier alpha value is -2.41. The number of unbranched alkanes of at least 4 members (excludes halogenated alkanes) is 3. The van der Waals surface area contributed by atoms with E-state index in [1.54, 1.807) is 28.6 Å². The Morgan fingerprint density at radius 3 is 2.69 bits per heavy atom. The SMILES string of the molecule is CCCCCCN(CC(=O)Nc1nccs1)C(=O)COc1ccccc1. The Bertz CT molecular complexity index is 662. The molecular weight excluding hydrogens is 350 g/mol. The zero-order chi connectivity index (χ0) is 18.6. The van der Waals surface area contributed by atoms with Gasteiger partial charge in [0.2, 0.25) is 5.91 Å². The highest BCUT2D eigenvalue weighted by atomic mass is 32.1. The molecule has 1 heterocycles. The van der Waals surface area contributed by atoms with Crippen LogP contribution in [0.15, 0.2) is 41.9 Å². The molecule has 0 fully saturated rings. The molecule has 0 spiro atoms. The number of hydrogen-bond donors (Lipinski definition) is 1. The van der Waals surface area contributed by atoms with E-state index in [0.717, 1.165) is 25.7 Å². The van der Waals surface area contributed by atoms with Gasteiger partial charge < -0.3 is 15.0 Å². The van der Waals surface area contributed by atoms with E-state index in [9.17, 15) is 9.59 Å². The number of carbonyl (C=O) groups is 2. The van der Waals surface area contributed by atoms with Crippen molar-refractivity contribution in [1.82, 2.24) is 9.88 Å². The molecule has 0 aliphatic heterocycles. The first-order chi connectivity index (χ1) is 12.7. The zero-order valence-corrected chi connectivity index (χ0v) is 15.8.